The van der Waals surface area contributed by atoms with Gasteiger partial charge in [0.15, 0.2) is 23.9 Å². The number of carbonyl (C=O) groups is 2. The van der Waals surface area contributed by atoms with E-state index in [1.165, 1.54) is 36.4 Å². The molecule has 1 saturated heterocycles. The third-order valence-electron chi connectivity index (χ3n) is 9.08. The standard InChI is InChI=1S/C38H37Cl2F2N3O9S/c1-44-15-14-27(19-44)52-37(47)35(24-6-3-2-4-7-24)43-55(49,50)28-9-5-8-26(16-28)36(46)53-33(18-29-30(39)20-45(48)21-31(29)40)25-12-13-32(54-38(41)42)34(17-25)51-22-23-10-11-23/h2-9,12-13,16-17,20-21,23,27,33,35,38,43H,10-11,14-15,18-19,22H2,1H3/t27?,33-,35?/m0/s1. The molecule has 4 aromatic rings. The lowest BCUT2D eigenvalue weighted by atomic mass is 10.0. The molecule has 3 aromatic carbocycles. The normalized spacial score (nSPS) is 17.1. The molecule has 17 heteroatoms. The molecule has 292 valence electrons. The Morgan fingerprint density at radius 3 is 2.35 bits per heavy atom. The highest BCUT2D eigenvalue weighted by Crippen LogP contribution is 2.38. The van der Waals surface area contributed by atoms with E-state index in [1.807, 2.05) is 11.9 Å². The first-order chi connectivity index (χ1) is 26.3. The largest absolute Gasteiger partial charge is 0.619 e. The molecule has 2 fully saturated rings. The van der Waals surface area contributed by atoms with E-state index in [0.29, 0.717) is 23.3 Å². The van der Waals surface area contributed by atoms with Gasteiger partial charge in [-0.15, -0.1) is 0 Å². The summed E-state index contributed by atoms with van der Waals surface area (Å²) in [6.07, 6.45) is 2.79. The zero-order valence-electron chi connectivity index (χ0n) is 29.4. The Labute approximate surface area is 326 Å². The topological polar surface area (TPSA) is 147 Å². The van der Waals surface area contributed by atoms with Crippen molar-refractivity contribution in [2.45, 2.75) is 55.4 Å². The van der Waals surface area contributed by atoms with Crippen molar-refractivity contribution in [3.8, 4) is 11.5 Å². The molecule has 0 spiro atoms. The number of rotatable bonds is 16. The van der Waals surface area contributed by atoms with E-state index in [0.717, 1.165) is 37.8 Å². The van der Waals surface area contributed by atoms with Crippen LogP contribution in [-0.2, 0) is 30.7 Å². The van der Waals surface area contributed by atoms with Gasteiger partial charge in [-0.3, -0.25) is 0 Å². The Kier molecular flexibility index (Phi) is 12.8. The number of hydrogen-bond acceptors (Lipinski definition) is 10. The zero-order chi connectivity index (χ0) is 39.3. The predicted octanol–water partition coefficient (Wildman–Crippen LogP) is 6.42. The number of nitrogens with zero attached hydrogens (tertiary/aromatic N) is 2. The molecule has 6 rings (SSSR count). The van der Waals surface area contributed by atoms with Crippen LogP contribution in [0.15, 0.2) is 90.1 Å². The van der Waals surface area contributed by atoms with E-state index in [-0.39, 0.29) is 62.1 Å². The summed E-state index contributed by atoms with van der Waals surface area (Å²) in [6.45, 7) is -1.65. The molecule has 0 bridgehead atoms. The number of hydrogen-bond donors (Lipinski definition) is 1. The van der Waals surface area contributed by atoms with Gasteiger partial charge in [0.25, 0.3) is 0 Å². The van der Waals surface area contributed by atoms with Gasteiger partial charge in [-0.2, -0.15) is 18.2 Å². The number of likely N-dealkylation sites (N-methyl/N-ethyl adjacent to an activating group) is 1. The van der Waals surface area contributed by atoms with Crippen LogP contribution in [-0.4, -0.2) is 64.7 Å². The van der Waals surface area contributed by atoms with E-state index in [1.54, 1.807) is 30.3 Å². The molecule has 2 aliphatic rings. The smallest absolute Gasteiger partial charge is 0.387 e. The molecule has 1 N–H and O–H groups in total. The number of ether oxygens (including phenoxy) is 4. The number of aromatic nitrogens is 1. The number of halogens is 4. The van der Waals surface area contributed by atoms with Crippen molar-refractivity contribution in [3.63, 3.8) is 0 Å². The number of pyridine rings is 1. The van der Waals surface area contributed by atoms with Crippen LogP contribution in [0.3, 0.4) is 0 Å². The lowest BCUT2D eigenvalue weighted by Gasteiger charge is -2.22. The number of nitrogens with one attached hydrogen (secondary N) is 1. The second-order valence-corrected chi connectivity index (χ2v) is 15.9. The van der Waals surface area contributed by atoms with Crippen molar-refractivity contribution >= 4 is 45.2 Å². The van der Waals surface area contributed by atoms with Crippen LogP contribution in [0.2, 0.25) is 10.0 Å². The van der Waals surface area contributed by atoms with E-state index < -0.39 is 46.8 Å². The minimum atomic E-state index is -4.45. The van der Waals surface area contributed by atoms with Crippen LogP contribution in [0, 0.1) is 11.1 Å². The average Bonchev–Trinajstić information content (AvgIpc) is 3.89. The van der Waals surface area contributed by atoms with E-state index in [4.69, 9.17) is 37.4 Å². The summed E-state index contributed by atoms with van der Waals surface area (Å²) in [6, 6.07) is 15.9. The quantitative estimate of drug-likeness (QED) is 0.0763. The lowest BCUT2D eigenvalue weighted by molar-refractivity contribution is -0.605. The highest BCUT2D eigenvalue weighted by molar-refractivity contribution is 7.89. The highest BCUT2D eigenvalue weighted by Gasteiger charge is 2.33. The number of sulfonamides is 1. The van der Waals surface area contributed by atoms with Crippen LogP contribution >= 0.6 is 23.2 Å². The second kappa shape index (κ2) is 17.5. The predicted molar refractivity (Wildman–Crippen MR) is 197 cm³/mol. The number of alkyl halides is 2. The summed E-state index contributed by atoms with van der Waals surface area (Å²) < 4.78 is 79.1. The highest BCUT2D eigenvalue weighted by atomic mass is 35.5. The number of esters is 2. The first-order valence-electron chi connectivity index (χ1n) is 17.3. The maximum absolute atomic E-state index is 13.8. The van der Waals surface area contributed by atoms with E-state index in [2.05, 4.69) is 9.46 Å². The maximum Gasteiger partial charge on any atom is 0.387 e. The number of benzene rings is 3. The Balaban J connectivity index is 1.28. The number of carbonyl (C=O) groups excluding carboxylic acids is 2. The molecule has 2 unspecified atom stereocenters. The van der Waals surface area contributed by atoms with Crippen LogP contribution in [0.5, 0.6) is 11.5 Å². The molecule has 1 aliphatic heterocycles. The molecule has 2 heterocycles. The van der Waals surface area contributed by atoms with E-state index in [9.17, 15) is 32.0 Å². The van der Waals surface area contributed by atoms with Crippen LogP contribution in [0.25, 0.3) is 0 Å². The Hall–Kier alpha value is -4.54. The van der Waals surface area contributed by atoms with Gasteiger partial charge >= 0.3 is 18.6 Å². The second-order valence-electron chi connectivity index (χ2n) is 13.3. The molecular weight excluding hydrogens is 783 g/mol. The van der Waals surface area contributed by atoms with Gasteiger partial charge in [0, 0.05) is 25.1 Å². The molecule has 0 radical (unpaired) electrons. The van der Waals surface area contributed by atoms with Gasteiger partial charge in [-0.25, -0.2) is 18.0 Å². The minimum Gasteiger partial charge on any atom is -0.619 e. The Morgan fingerprint density at radius 1 is 0.964 bits per heavy atom. The van der Waals surface area contributed by atoms with Gasteiger partial charge < -0.3 is 29.1 Å². The average molecular weight is 821 g/mol. The van der Waals surface area contributed by atoms with Gasteiger partial charge in [-0.05, 0) is 73.7 Å². The molecule has 55 heavy (non-hydrogen) atoms. The lowest BCUT2D eigenvalue weighted by Crippen LogP contribution is -2.37. The number of likely N-dealkylation sites (tertiary alicyclic amines) is 1. The van der Waals surface area contributed by atoms with Crippen molar-refractivity contribution < 1.29 is 50.5 Å². The first-order valence-corrected chi connectivity index (χ1v) is 19.5. The van der Waals surface area contributed by atoms with Crippen molar-refractivity contribution in [2.24, 2.45) is 5.92 Å². The fourth-order valence-corrected chi connectivity index (χ4v) is 7.81. The third kappa shape index (κ3) is 10.6. The first kappa shape index (κ1) is 40.1. The van der Waals surface area contributed by atoms with Crippen molar-refractivity contribution in [3.05, 3.63) is 123 Å². The SMILES string of the molecule is CN1CCC(OC(=O)C(NS(=O)(=O)c2cccc(C(=O)O[C@@H](Cc3c(Cl)c[n+]([O-])cc3Cl)c3ccc(OC(F)F)c(OCC4CC4)c3)c2)c2ccccc2)C1. The molecule has 1 aliphatic carbocycles. The van der Waals surface area contributed by atoms with Crippen molar-refractivity contribution in [2.75, 3.05) is 26.7 Å². The fourth-order valence-electron chi connectivity index (χ4n) is 5.99. The summed E-state index contributed by atoms with van der Waals surface area (Å²) in [5, 5.41) is 11.9. The van der Waals surface area contributed by atoms with Gasteiger partial charge in [0.05, 0.1) is 17.1 Å². The molecule has 1 saturated carbocycles. The minimum absolute atomic E-state index is 0.0148. The summed E-state index contributed by atoms with van der Waals surface area (Å²) in [7, 11) is -2.56. The molecule has 1 aromatic heterocycles. The van der Waals surface area contributed by atoms with Crippen LogP contribution in [0.1, 0.15) is 58.5 Å². The molecular formula is C38H37Cl2F2N3O9S. The van der Waals surface area contributed by atoms with E-state index >= 15 is 0 Å². The summed E-state index contributed by atoms with van der Waals surface area (Å²) in [5.74, 6) is -1.73. The molecule has 0 amide bonds. The fraction of sp³-hybridized carbons (Fsp3) is 0.342. The van der Waals surface area contributed by atoms with Crippen molar-refractivity contribution in [1.82, 2.24) is 9.62 Å². The van der Waals surface area contributed by atoms with Crippen LogP contribution < -0.4 is 18.9 Å². The monoisotopic (exact) mass is 819 g/mol. The summed E-state index contributed by atoms with van der Waals surface area (Å²) in [4.78, 5) is 28.9. The summed E-state index contributed by atoms with van der Waals surface area (Å²) in [5.41, 5.74) is 0.693. The van der Waals surface area contributed by atoms with Gasteiger partial charge in [0.2, 0.25) is 10.0 Å². The van der Waals surface area contributed by atoms with Crippen LogP contribution in [0.4, 0.5) is 8.78 Å². The zero-order valence-corrected chi connectivity index (χ0v) is 31.7. The molecule has 3 atom stereocenters. The van der Waals surface area contributed by atoms with Gasteiger partial charge in [0.1, 0.15) is 28.3 Å². The third-order valence-corrected chi connectivity index (χ3v) is 11.1. The van der Waals surface area contributed by atoms with Crippen molar-refractivity contribution in [1.29, 1.82) is 0 Å². The molecule has 12 nitrogen and oxygen atoms in total. The Morgan fingerprint density at radius 2 is 1.69 bits per heavy atom. The maximum atomic E-state index is 13.8. The summed E-state index contributed by atoms with van der Waals surface area (Å²) >= 11 is 12.8. The van der Waals surface area contributed by atoms with Gasteiger partial charge in [-0.1, -0.05) is 65.7 Å². The Bertz CT molecular complexity index is 2100.